The Morgan fingerprint density at radius 1 is 0.800 bits per heavy atom. The van der Waals surface area contributed by atoms with Crippen molar-refractivity contribution in [2.24, 2.45) is 0 Å². The van der Waals surface area contributed by atoms with Gasteiger partial charge in [0.05, 0.1) is 11.2 Å². The Bertz CT molecular complexity index is 1090. The quantitative estimate of drug-likeness (QED) is 0.389. The van der Waals surface area contributed by atoms with E-state index in [9.17, 15) is 4.39 Å². The zero-order chi connectivity index (χ0) is 17.6. The highest BCUT2D eigenvalue weighted by molar-refractivity contribution is 5.91. The summed E-state index contributed by atoms with van der Waals surface area (Å²) in [5, 5.41) is 3.13. The zero-order valence-electron chi connectivity index (χ0n) is 14.7. The van der Waals surface area contributed by atoms with Crippen LogP contribution in [0.3, 0.4) is 0 Å². The van der Waals surface area contributed by atoms with Crippen LogP contribution in [0.15, 0.2) is 66.7 Å². The molecule has 25 heavy (non-hydrogen) atoms. The highest BCUT2D eigenvalue weighted by atomic mass is 19.1. The minimum atomic E-state index is -0.212. The molecule has 0 fully saturated rings. The molecule has 0 radical (unpaired) electrons. The van der Waals surface area contributed by atoms with Gasteiger partial charge < -0.3 is 0 Å². The molecule has 0 aliphatic rings. The first-order valence-corrected chi connectivity index (χ1v) is 8.52. The van der Waals surface area contributed by atoms with E-state index in [2.05, 4.69) is 39.0 Å². The number of pyridine rings is 1. The third-order valence-corrected chi connectivity index (χ3v) is 4.62. The standard InChI is InChI=1S/C23H20FN/c1-23(2,3)20-14-17(12-16-13-18(24)9-10-19(16)20)22-11-8-15-6-4-5-7-21(15)25-22/h4-14H,1-3H3. The van der Waals surface area contributed by atoms with Crippen LogP contribution in [0.2, 0.25) is 0 Å². The van der Waals surface area contributed by atoms with Gasteiger partial charge in [-0.2, -0.15) is 0 Å². The van der Waals surface area contributed by atoms with E-state index in [1.54, 1.807) is 6.07 Å². The molecule has 0 amide bonds. The molecule has 0 saturated carbocycles. The molecule has 0 saturated heterocycles. The molecule has 124 valence electrons. The van der Waals surface area contributed by atoms with Gasteiger partial charge in [0.1, 0.15) is 5.82 Å². The first kappa shape index (κ1) is 15.8. The molecule has 2 heteroatoms. The summed E-state index contributed by atoms with van der Waals surface area (Å²) in [6.45, 7) is 6.55. The monoisotopic (exact) mass is 329 g/mol. The van der Waals surface area contributed by atoms with Crippen molar-refractivity contribution in [3.63, 3.8) is 0 Å². The number of para-hydroxylation sites is 1. The third-order valence-electron chi connectivity index (χ3n) is 4.62. The molecule has 0 spiro atoms. The summed E-state index contributed by atoms with van der Waals surface area (Å²) in [5.41, 5.74) is 4.07. The molecule has 1 heterocycles. The molecule has 3 aromatic carbocycles. The lowest BCUT2D eigenvalue weighted by atomic mass is 9.82. The summed E-state index contributed by atoms with van der Waals surface area (Å²) < 4.78 is 13.8. The molecule has 4 aromatic rings. The first-order valence-electron chi connectivity index (χ1n) is 8.52. The van der Waals surface area contributed by atoms with E-state index < -0.39 is 0 Å². The average molecular weight is 329 g/mol. The smallest absolute Gasteiger partial charge is 0.123 e. The van der Waals surface area contributed by atoms with Crippen molar-refractivity contribution in [1.29, 1.82) is 0 Å². The second kappa shape index (κ2) is 5.66. The Labute approximate surface area is 147 Å². The van der Waals surface area contributed by atoms with Crippen LogP contribution in [0.25, 0.3) is 32.9 Å². The summed E-state index contributed by atoms with van der Waals surface area (Å²) in [4.78, 5) is 4.80. The second-order valence-electron chi connectivity index (χ2n) is 7.53. The topological polar surface area (TPSA) is 12.9 Å². The summed E-state index contributed by atoms with van der Waals surface area (Å²) in [6.07, 6.45) is 0. The largest absolute Gasteiger partial charge is 0.248 e. The minimum Gasteiger partial charge on any atom is -0.248 e. The number of nitrogens with zero attached hydrogens (tertiary/aromatic N) is 1. The van der Waals surface area contributed by atoms with Crippen molar-refractivity contribution in [1.82, 2.24) is 4.98 Å². The van der Waals surface area contributed by atoms with Gasteiger partial charge >= 0.3 is 0 Å². The molecule has 0 bridgehead atoms. The van der Waals surface area contributed by atoms with Crippen molar-refractivity contribution in [3.05, 3.63) is 78.1 Å². The minimum absolute atomic E-state index is 0.0388. The van der Waals surface area contributed by atoms with E-state index in [0.717, 1.165) is 32.9 Å². The van der Waals surface area contributed by atoms with Crippen LogP contribution >= 0.6 is 0 Å². The van der Waals surface area contributed by atoms with Crippen molar-refractivity contribution in [3.8, 4) is 11.3 Å². The Morgan fingerprint density at radius 2 is 1.60 bits per heavy atom. The van der Waals surface area contributed by atoms with Gasteiger partial charge in [-0.25, -0.2) is 9.37 Å². The van der Waals surface area contributed by atoms with E-state index in [4.69, 9.17) is 4.98 Å². The number of hydrogen-bond donors (Lipinski definition) is 0. The van der Waals surface area contributed by atoms with Crippen LogP contribution in [0.5, 0.6) is 0 Å². The fourth-order valence-corrected chi connectivity index (χ4v) is 3.34. The fourth-order valence-electron chi connectivity index (χ4n) is 3.34. The van der Waals surface area contributed by atoms with Crippen LogP contribution < -0.4 is 0 Å². The van der Waals surface area contributed by atoms with Gasteiger partial charge in [-0.1, -0.05) is 51.1 Å². The van der Waals surface area contributed by atoms with Gasteiger partial charge in [0.25, 0.3) is 0 Å². The van der Waals surface area contributed by atoms with E-state index in [1.807, 2.05) is 36.4 Å². The van der Waals surface area contributed by atoms with Crippen LogP contribution in [0.1, 0.15) is 26.3 Å². The van der Waals surface area contributed by atoms with Crippen molar-refractivity contribution >= 4 is 21.7 Å². The lowest BCUT2D eigenvalue weighted by Gasteiger charge is -2.23. The average Bonchev–Trinajstić information content (AvgIpc) is 2.59. The maximum atomic E-state index is 13.8. The molecule has 4 rings (SSSR count). The van der Waals surface area contributed by atoms with E-state index in [0.29, 0.717) is 0 Å². The van der Waals surface area contributed by atoms with E-state index in [1.165, 1.54) is 11.6 Å². The maximum Gasteiger partial charge on any atom is 0.123 e. The van der Waals surface area contributed by atoms with Crippen molar-refractivity contribution in [2.75, 3.05) is 0 Å². The molecule has 1 aromatic heterocycles. The van der Waals surface area contributed by atoms with E-state index >= 15 is 0 Å². The van der Waals surface area contributed by atoms with E-state index in [-0.39, 0.29) is 11.2 Å². The Morgan fingerprint density at radius 3 is 2.40 bits per heavy atom. The fraction of sp³-hybridized carbons (Fsp3) is 0.174. The number of aromatic nitrogens is 1. The normalized spacial score (nSPS) is 12.0. The highest BCUT2D eigenvalue weighted by Crippen LogP contribution is 2.35. The number of fused-ring (bicyclic) bond motifs is 2. The number of hydrogen-bond acceptors (Lipinski definition) is 1. The SMILES string of the molecule is CC(C)(C)c1cc(-c2ccc3ccccc3n2)cc2cc(F)ccc12. The van der Waals surface area contributed by atoms with Crippen LogP contribution in [0, 0.1) is 5.82 Å². The molecular weight excluding hydrogens is 309 g/mol. The Hall–Kier alpha value is -2.74. The van der Waals surface area contributed by atoms with Gasteiger partial charge in [0, 0.05) is 10.9 Å². The van der Waals surface area contributed by atoms with Crippen LogP contribution in [-0.4, -0.2) is 4.98 Å². The van der Waals surface area contributed by atoms with Gasteiger partial charge in [0.15, 0.2) is 0 Å². The summed E-state index contributed by atoms with van der Waals surface area (Å²) in [5.74, 6) is -0.212. The number of benzene rings is 3. The van der Waals surface area contributed by atoms with Gasteiger partial charge in [-0.15, -0.1) is 0 Å². The van der Waals surface area contributed by atoms with Gasteiger partial charge in [-0.05, 0) is 58.1 Å². The van der Waals surface area contributed by atoms with Gasteiger partial charge in [-0.3, -0.25) is 0 Å². The highest BCUT2D eigenvalue weighted by Gasteiger charge is 2.19. The Balaban J connectivity index is 2.00. The predicted octanol–water partition coefficient (Wildman–Crippen LogP) is 6.49. The summed E-state index contributed by atoms with van der Waals surface area (Å²) in [7, 11) is 0. The van der Waals surface area contributed by atoms with Crippen molar-refractivity contribution in [2.45, 2.75) is 26.2 Å². The van der Waals surface area contributed by atoms with Crippen LogP contribution in [-0.2, 0) is 5.41 Å². The number of halogens is 1. The molecule has 0 atom stereocenters. The lowest BCUT2D eigenvalue weighted by Crippen LogP contribution is -2.12. The first-order chi connectivity index (χ1) is 11.9. The molecule has 0 N–H and O–H groups in total. The zero-order valence-corrected chi connectivity index (χ0v) is 14.7. The van der Waals surface area contributed by atoms with Crippen LogP contribution in [0.4, 0.5) is 4.39 Å². The molecule has 1 nitrogen and oxygen atoms in total. The second-order valence-corrected chi connectivity index (χ2v) is 7.53. The Kier molecular flexibility index (Phi) is 3.57. The molecular formula is C23H20FN. The molecule has 0 unspecified atom stereocenters. The van der Waals surface area contributed by atoms with Crippen molar-refractivity contribution < 1.29 is 4.39 Å². The third kappa shape index (κ3) is 2.89. The lowest BCUT2D eigenvalue weighted by molar-refractivity contribution is 0.595. The summed E-state index contributed by atoms with van der Waals surface area (Å²) in [6, 6.07) is 21.5. The summed E-state index contributed by atoms with van der Waals surface area (Å²) >= 11 is 0. The predicted molar refractivity (Wildman–Crippen MR) is 103 cm³/mol. The molecule has 0 aliphatic heterocycles. The maximum absolute atomic E-state index is 13.8. The molecule has 0 aliphatic carbocycles. The number of rotatable bonds is 1. The van der Waals surface area contributed by atoms with Gasteiger partial charge in [0.2, 0.25) is 0 Å².